The van der Waals surface area contributed by atoms with Gasteiger partial charge in [-0.05, 0) is 6.92 Å². The first-order valence-corrected chi connectivity index (χ1v) is 6.61. The van der Waals surface area contributed by atoms with Crippen molar-refractivity contribution in [3.63, 3.8) is 0 Å². The number of hydrogen-bond donors (Lipinski definition) is 1. The summed E-state index contributed by atoms with van der Waals surface area (Å²) in [7, 11) is 5.25. The van der Waals surface area contributed by atoms with Crippen LogP contribution in [0, 0.1) is 0 Å². The van der Waals surface area contributed by atoms with Gasteiger partial charge in [0.1, 0.15) is 0 Å². The summed E-state index contributed by atoms with van der Waals surface area (Å²) in [5.74, 6) is 0. The zero-order chi connectivity index (χ0) is 14.6. The third kappa shape index (κ3) is 4.30. The minimum absolute atomic E-state index is 0.0451. The minimum atomic E-state index is -0.241. The summed E-state index contributed by atoms with van der Waals surface area (Å²) in [6, 6.07) is 0.114. The Morgan fingerprint density at radius 2 is 1.89 bits per heavy atom. The molecule has 0 spiro atoms. The first kappa shape index (κ1) is 16.1. The van der Waals surface area contributed by atoms with Gasteiger partial charge in [0.2, 0.25) is 0 Å². The maximum atomic E-state index is 5.25. The summed E-state index contributed by atoms with van der Waals surface area (Å²) in [6.07, 6.45) is 1.82. The fraction of sp³-hybridized carbons (Fsp3) is 0.786. The van der Waals surface area contributed by atoms with Crippen molar-refractivity contribution in [3.05, 3.63) is 17.5 Å². The second-order valence-electron chi connectivity index (χ2n) is 5.94. The molecule has 1 heterocycles. The fourth-order valence-corrected chi connectivity index (χ4v) is 2.17. The van der Waals surface area contributed by atoms with E-state index in [9.17, 15) is 0 Å². The standard InChI is InChI=1S/C14H27N3O2/c1-10(13(18-6)19-7)15-8-11-9-17(5)16-12(11)14(2,3)4/h9-10,13,15H,8H2,1-7H3. The Morgan fingerprint density at radius 3 is 2.37 bits per heavy atom. The molecule has 5 heteroatoms. The summed E-state index contributed by atoms with van der Waals surface area (Å²) in [4.78, 5) is 0. The Labute approximate surface area is 116 Å². The van der Waals surface area contributed by atoms with Crippen molar-refractivity contribution in [3.8, 4) is 0 Å². The number of methoxy groups -OCH3 is 2. The topological polar surface area (TPSA) is 48.3 Å². The molecule has 1 N–H and O–H groups in total. The van der Waals surface area contributed by atoms with Gasteiger partial charge in [0.15, 0.2) is 6.29 Å². The van der Waals surface area contributed by atoms with Crippen LogP contribution >= 0.6 is 0 Å². The fourth-order valence-electron chi connectivity index (χ4n) is 2.17. The van der Waals surface area contributed by atoms with E-state index in [0.29, 0.717) is 0 Å². The van der Waals surface area contributed by atoms with E-state index in [0.717, 1.165) is 12.2 Å². The van der Waals surface area contributed by atoms with Crippen LogP contribution in [-0.4, -0.2) is 36.3 Å². The van der Waals surface area contributed by atoms with Gasteiger partial charge in [-0.2, -0.15) is 5.10 Å². The van der Waals surface area contributed by atoms with E-state index in [-0.39, 0.29) is 17.7 Å². The van der Waals surface area contributed by atoms with Gasteiger partial charge in [0.25, 0.3) is 0 Å². The molecule has 0 aliphatic carbocycles. The maximum absolute atomic E-state index is 5.25. The number of aromatic nitrogens is 2. The molecule has 0 aliphatic rings. The third-order valence-electron chi connectivity index (χ3n) is 3.10. The Bertz CT molecular complexity index is 392. The van der Waals surface area contributed by atoms with E-state index >= 15 is 0 Å². The van der Waals surface area contributed by atoms with Crippen molar-refractivity contribution < 1.29 is 9.47 Å². The lowest BCUT2D eigenvalue weighted by molar-refractivity contribution is -0.119. The summed E-state index contributed by atoms with van der Waals surface area (Å²) < 4.78 is 12.4. The molecule has 0 aromatic carbocycles. The summed E-state index contributed by atoms with van der Waals surface area (Å²) >= 11 is 0. The largest absolute Gasteiger partial charge is 0.354 e. The highest BCUT2D eigenvalue weighted by molar-refractivity contribution is 5.23. The Kier molecular flexibility index (Phi) is 5.52. The molecule has 5 nitrogen and oxygen atoms in total. The minimum Gasteiger partial charge on any atom is -0.354 e. The van der Waals surface area contributed by atoms with Gasteiger partial charge >= 0.3 is 0 Å². The molecule has 1 aromatic rings. The molecule has 0 radical (unpaired) electrons. The molecule has 0 amide bonds. The van der Waals surface area contributed by atoms with Crippen molar-refractivity contribution in [1.82, 2.24) is 15.1 Å². The molecule has 0 aliphatic heterocycles. The van der Waals surface area contributed by atoms with E-state index < -0.39 is 0 Å². The van der Waals surface area contributed by atoms with Gasteiger partial charge in [-0.15, -0.1) is 0 Å². The van der Waals surface area contributed by atoms with Crippen molar-refractivity contribution in [1.29, 1.82) is 0 Å². The molecular formula is C14H27N3O2. The lowest BCUT2D eigenvalue weighted by Gasteiger charge is -2.23. The van der Waals surface area contributed by atoms with Crippen molar-refractivity contribution in [2.75, 3.05) is 14.2 Å². The molecule has 1 aromatic heterocycles. The Morgan fingerprint density at radius 1 is 1.32 bits per heavy atom. The molecule has 1 rings (SSSR count). The molecule has 0 fully saturated rings. The number of nitrogens with one attached hydrogen (secondary N) is 1. The van der Waals surface area contributed by atoms with Crippen LogP contribution in [0.15, 0.2) is 6.20 Å². The van der Waals surface area contributed by atoms with Crippen LogP contribution < -0.4 is 5.32 Å². The SMILES string of the molecule is COC(OC)C(C)NCc1cn(C)nc1C(C)(C)C. The van der Waals surface area contributed by atoms with Crippen LogP contribution in [-0.2, 0) is 28.5 Å². The van der Waals surface area contributed by atoms with Crippen molar-refractivity contribution >= 4 is 0 Å². The molecule has 1 atom stereocenters. The summed E-state index contributed by atoms with van der Waals surface area (Å²) in [5, 5.41) is 7.98. The number of aryl methyl sites for hydroxylation is 1. The number of ether oxygens (including phenoxy) is 2. The molecule has 1 unspecified atom stereocenters. The van der Waals surface area contributed by atoms with E-state index in [2.05, 4.69) is 37.4 Å². The average molecular weight is 269 g/mol. The third-order valence-corrected chi connectivity index (χ3v) is 3.10. The maximum Gasteiger partial charge on any atom is 0.171 e. The first-order valence-electron chi connectivity index (χ1n) is 6.61. The van der Waals surface area contributed by atoms with Gasteiger partial charge in [-0.3, -0.25) is 4.68 Å². The molecule has 0 saturated carbocycles. The van der Waals surface area contributed by atoms with Gasteiger partial charge in [0.05, 0.1) is 11.7 Å². The lowest BCUT2D eigenvalue weighted by atomic mass is 9.89. The second-order valence-corrected chi connectivity index (χ2v) is 5.94. The van der Waals surface area contributed by atoms with Gasteiger partial charge in [0, 0.05) is 45.0 Å². The second kappa shape index (κ2) is 6.50. The summed E-state index contributed by atoms with van der Waals surface area (Å²) in [5.41, 5.74) is 2.39. The smallest absolute Gasteiger partial charge is 0.171 e. The first-order chi connectivity index (χ1) is 8.79. The highest BCUT2D eigenvalue weighted by atomic mass is 16.7. The van der Waals surface area contributed by atoms with Crippen LogP contribution in [0.5, 0.6) is 0 Å². The van der Waals surface area contributed by atoms with E-state index in [4.69, 9.17) is 9.47 Å². The molecular weight excluding hydrogens is 242 g/mol. The van der Waals surface area contributed by atoms with E-state index in [1.54, 1.807) is 14.2 Å². The number of hydrogen-bond acceptors (Lipinski definition) is 4. The number of rotatable bonds is 6. The molecule has 0 saturated heterocycles. The Hall–Kier alpha value is -0.910. The van der Waals surface area contributed by atoms with Crippen LogP contribution in [0.1, 0.15) is 39.0 Å². The van der Waals surface area contributed by atoms with E-state index in [1.165, 1.54) is 5.56 Å². The normalized spacial score (nSPS) is 14.1. The lowest BCUT2D eigenvalue weighted by Crippen LogP contribution is -2.39. The highest BCUT2D eigenvalue weighted by Gasteiger charge is 2.23. The zero-order valence-electron chi connectivity index (χ0n) is 13.2. The van der Waals surface area contributed by atoms with Crippen LogP contribution in [0.4, 0.5) is 0 Å². The van der Waals surface area contributed by atoms with Crippen LogP contribution in [0.3, 0.4) is 0 Å². The predicted octanol–water partition coefficient (Wildman–Crippen LogP) is 1.81. The quantitative estimate of drug-likeness (QED) is 0.800. The highest BCUT2D eigenvalue weighted by Crippen LogP contribution is 2.24. The van der Waals surface area contributed by atoms with Crippen molar-refractivity contribution in [2.24, 2.45) is 7.05 Å². The van der Waals surface area contributed by atoms with E-state index in [1.807, 2.05) is 18.7 Å². The molecule has 19 heavy (non-hydrogen) atoms. The predicted molar refractivity (Wildman–Crippen MR) is 76.0 cm³/mol. The average Bonchev–Trinajstić information content (AvgIpc) is 2.69. The Balaban J connectivity index is 2.73. The zero-order valence-corrected chi connectivity index (χ0v) is 13.2. The van der Waals surface area contributed by atoms with Crippen molar-refractivity contribution in [2.45, 2.75) is 52.0 Å². The molecule has 110 valence electrons. The molecule has 0 bridgehead atoms. The summed E-state index contributed by atoms with van der Waals surface area (Å²) in [6.45, 7) is 9.33. The van der Waals surface area contributed by atoms with Gasteiger partial charge < -0.3 is 14.8 Å². The van der Waals surface area contributed by atoms with Crippen LogP contribution in [0.2, 0.25) is 0 Å². The van der Waals surface area contributed by atoms with Crippen LogP contribution in [0.25, 0.3) is 0 Å². The van der Waals surface area contributed by atoms with Gasteiger partial charge in [-0.25, -0.2) is 0 Å². The number of nitrogens with zero attached hydrogens (tertiary/aromatic N) is 2. The monoisotopic (exact) mass is 269 g/mol. The van der Waals surface area contributed by atoms with Gasteiger partial charge in [-0.1, -0.05) is 20.8 Å².